The predicted molar refractivity (Wildman–Crippen MR) is 80.4 cm³/mol. The molecule has 2 rings (SSSR count). The maximum Gasteiger partial charge on any atom is 0.344 e. The van der Waals surface area contributed by atoms with Crippen LogP contribution in [0.15, 0.2) is 73.3 Å². The van der Waals surface area contributed by atoms with Gasteiger partial charge < -0.3 is 9.94 Å². The van der Waals surface area contributed by atoms with Crippen LogP contribution >= 0.6 is 0 Å². The third-order valence-electron chi connectivity index (χ3n) is 2.98. The van der Waals surface area contributed by atoms with Gasteiger partial charge in [-0.25, -0.2) is 0 Å². The normalized spacial score (nSPS) is 10.4. The van der Waals surface area contributed by atoms with E-state index in [0.717, 1.165) is 11.1 Å². The number of nitrogens with zero attached hydrogens (tertiary/aromatic N) is 1. The van der Waals surface area contributed by atoms with E-state index in [9.17, 15) is 5.21 Å². The van der Waals surface area contributed by atoms with E-state index in [0.29, 0.717) is 0 Å². The molecular weight excluding hydrogens is 250 g/mol. The van der Waals surface area contributed by atoms with Crippen molar-refractivity contribution in [1.82, 2.24) is 0 Å². The summed E-state index contributed by atoms with van der Waals surface area (Å²) in [5.41, 5.74) is 0.485. The summed E-state index contributed by atoms with van der Waals surface area (Å²) in [7, 11) is 0. The lowest BCUT2D eigenvalue weighted by molar-refractivity contribution is 0.0463. The summed E-state index contributed by atoms with van der Waals surface area (Å²) in [6.45, 7) is 3.93. The van der Waals surface area contributed by atoms with Crippen molar-refractivity contribution < 1.29 is 4.74 Å². The van der Waals surface area contributed by atoms with Crippen molar-refractivity contribution in [2.24, 2.45) is 0 Å². The Balaban J connectivity index is 2.61. The maximum absolute atomic E-state index is 10.9. The minimum atomic E-state index is -1.11. The monoisotopic (exact) mass is 265 g/mol. The number of hydrogen-bond acceptors (Lipinski definition) is 2. The Morgan fingerprint density at radius 3 is 1.95 bits per heavy atom. The van der Waals surface area contributed by atoms with Crippen molar-refractivity contribution in [3.05, 3.63) is 94.7 Å². The molecule has 0 aliphatic heterocycles. The molecule has 100 valence electrons. The maximum atomic E-state index is 10.9. The molecule has 0 aliphatic rings. The van der Waals surface area contributed by atoms with Gasteiger partial charge in [-0.05, 0) is 0 Å². The molecule has 0 heterocycles. The topological polar surface area (TPSA) is 36.6 Å². The van der Waals surface area contributed by atoms with E-state index in [1.54, 1.807) is 6.08 Å². The average Bonchev–Trinajstić information content (AvgIpc) is 2.53. The Labute approximate surface area is 118 Å². The number of hydrogen-bond donors (Lipinski definition) is 0. The van der Waals surface area contributed by atoms with Gasteiger partial charge in [0.25, 0.3) is 5.60 Å². The molecular formula is C17H15NO2. The SMILES string of the molecule is C=CCOC(C#[N+][O-])(c1ccccc1)c1ccccc1. The smallest absolute Gasteiger partial charge is 0.344 e. The Hall–Kier alpha value is -2.57. The fraction of sp³-hybridized carbons (Fsp3) is 0.118. The molecule has 0 saturated heterocycles. The molecule has 20 heavy (non-hydrogen) atoms. The summed E-state index contributed by atoms with van der Waals surface area (Å²) >= 11 is 0. The first-order chi connectivity index (χ1) is 9.83. The highest BCUT2D eigenvalue weighted by molar-refractivity contribution is 5.44. The fourth-order valence-electron chi connectivity index (χ4n) is 2.09. The van der Waals surface area contributed by atoms with Gasteiger partial charge in [0.05, 0.1) is 6.61 Å². The Morgan fingerprint density at radius 2 is 1.55 bits per heavy atom. The first kappa shape index (κ1) is 13.9. The summed E-state index contributed by atoms with van der Waals surface area (Å²) in [5.74, 6) is 0. The first-order valence-corrected chi connectivity index (χ1v) is 6.29. The van der Waals surface area contributed by atoms with Crippen molar-refractivity contribution in [3.8, 4) is 6.07 Å². The lowest BCUT2D eigenvalue weighted by atomic mass is 9.87. The lowest BCUT2D eigenvalue weighted by Gasteiger charge is -2.24. The second-order valence-corrected chi connectivity index (χ2v) is 4.22. The predicted octanol–water partition coefficient (Wildman–Crippen LogP) is 3.96. The van der Waals surface area contributed by atoms with Crippen LogP contribution in [0.5, 0.6) is 0 Å². The molecule has 0 amide bonds. The third kappa shape index (κ3) is 2.71. The quantitative estimate of drug-likeness (QED) is 0.606. The molecule has 0 bridgehead atoms. The van der Waals surface area contributed by atoms with Crippen LogP contribution in [0.25, 0.3) is 5.01 Å². The van der Waals surface area contributed by atoms with Gasteiger partial charge in [-0.15, -0.1) is 6.58 Å². The summed E-state index contributed by atoms with van der Waals surface area (Å²) in [6, 6.07) is 21.4. The van der Waals surface area contributed by atoms with Crippen molar-refractivity contribution >= 4 is 0 Å². The third-order valence-corrected chi connectivity index (χ3v) is 2.98. The molecule has 2 aromatic carbocycles. The molecule has 0 aliphatic carbocycles. The molecule has 0 radical (unpaired) electrons. The van der Waals surface area contributed by atoms with Crippen LogP contribution < -0.4 is 0 Å². The second-order valence-electron chi connectivity index (χ2n) is 4.22. The summed E-state index contributed by atoms with van der Waals surface area (Å²) in [6.07, 6.45) is 1.63. The summed E-state index contributed by atoms with van der Waals surface area (Å²) in [5, 5.41) is 13.7. The zero-order valence-electron chi connectivity index (χ0n) is 11.0. The van der Waals surface area contributed by atoms with Gasteiger partial charge in [-0.2, -0.15) is 0 Å². The largest absolute Gasteiger partial charge is 0.498 e. The second kappa shape index (κ2) is 6.55. The number of benzene rings is 2. The van der Waals surface area contributed by atoms with Gasteiger partial charge in [-0.3, -0.25) is 0 Å². The highest BCUT2D eigenvalue weighted by Crippen LogP contribution is 2.33. The molecule has 0 atom stereocenters. The van der Waals surface area contributed by atoms with Crippen molar-refractivity contribution in [3.63, 3.8) is 0 Å². The summed E-state index contributed by atoms with van der Waals surface area (Å²) < 4.78 is 5.87. The first-order valence-electron chi connectivity index (χ1n) is 6.29. The van der Waals surface area contributed by atoms with Gasteiger partial charge in [0.1, 0.15) is 0 Å². The van der Waals surface area contributed by atoms with Gasteiger partial charge in [-0.1, -0.05) is 66.7 Å². The van der Waals surface area contributed by atoms with Crippen molar-refractivity contribution in [1.29, 1.82) is 0 Å². The van der Waals surface area contributed by atoms with Crippen LogP contribution in [-0.4, -0.2) is 6.61 Å². The minimum Gasteiger partial charge on any atom is -0.498 e. The molecule has 0 unspecified atom stereocenters. The summed E-state index contributed by atoms with van der Waals surface area (Å²) in [4.78, 5) is 0. The van der Waals surface area contributed by atoms with E-state index in [4.69, 9.17) is 4.74 Å². The van der Waals surface area contributed by atoms with E-state index < -0.39 is 5.60 Å². The van der Waals surface area contributed by atoms with Gasteiger partial charge in [0.2, 0.25) is 0 Å². The van der Waals surface area contributed by atoms with E-state index in [1.807, 2.05) is 60.7 Å². The lowest BCUT2D eigenvalue weighted by Crippen LogP contribution is -2.29. The van der Waals surface area contributed by atoms with Gasteiger partial charge in [0, 0.05) is 16.1 Å². The highest BCUT2D eigenvalue weighted by atomic mass is 16.5. The zero-order valence-corrected chi connectivity index (χ0v) is 11.0. The molecule has 3 heteroatoms. The number of ether oxygens (including phenoxy) is 1. The fourth-order valence-corrected chi connectivity index (χ4v) is 2.09. The Morgan fingerprint density at radius 1 is 1.05 bits per heavy atom. The molecule has 0 saturated carbocycles. The van der Waals surface area contributed by atoms with Crippen LogP contribution in [0, 0.1) is 11.3 Å². The molecule has 0 aromatic heterocycles. The minimum absolute atomic E-state index is 0.284. The van der Waals surface area contributed by atoms with E-state index in [-0.39, 0.29) is 6.61 Å². The Kier molecular flexibility index (Phi) is 4.54. The van der Waals surface area contributed by atoms with Crippen LogP contribution in [0.4, 0.5) is 0 Å². The highest BCUT2D eigenvalue weighted by Gasteiger charge is 2.40. The van der Waals surface area contributed by atoms with Crippen molar-refractivity contribution in [2.45, 2.75) is 5.60 Å². The number of rotatable bonds is 5. The van der Waals surface area contributed by atoms with Crippen LogP contribution in [0.3, 0.4) is 0 Å². The van der Waals surface area contributed by atoms with Crippen molar-refractivity contribution in [2.75, 3.05) is 6.61 Å². The Bertz CT molecular complexity index is 572. The molecule has 3 nitrogen and oxygen atoms in total. The standard InChI is InChI=1S/C17H15NO2/c1-2-13-20-17(14-18-19,15-9-5-3-6-10-15)16-11-7-4-8-12-16/h2-12H,1,13H2. The van der Waals surface area contributed by atoms with E-state index >= 15 is 0 Å². The van der Waals surface area contributed by atoms with E-state index in [2.05, 4.69) is 17.7 Å². The van der Waals surface area contributed by atoms with Crippen LogP contribution in [-0.2, 0) is 10.3 Å². The molecule has 0 N–H and O–H groups in total. The van der Waals surface area contributed by atoms with Crippen LogP contribution in [0.1, 0.15) is 11.1 Å². The average molecular weight is 265 g/mol. The molecule has 0 fully saturated rings. The van der Waals surface area contributed by atoms with E-state index in [1.165, 1.54) is 0 Å². The van der Waals surface area contributed by atoms with Crippen LogP contribution in [0.2, 0.25) is 0 Å². The van der Waals surface area contributed by atoms with Gasteiger partial charge in [0.15, 0.2) is 0 Å². The molecule has 2 aromatic rings. The molecule has 0 spiro atoms. The van der Waals surface area contributed by atoms with Gasteiger partial charge >= 0.3 is 6.07 Å². The zero-order chi connectivity index (χ0) is 14.3.